The lowest BCUT2D eigenvalue weighted by molar-refractivity contribution is 0.414. The van der Waals surface area contributed by atoms with Crippen molar-refractivity contribution in [3.05, 3.63) is 41.5 Å². The van der Waals surface area contributed by atoms with Crippen LogP contribution >= 0.6 is 0 Å². The van der Waals surface area contributed by atoms with E-state index in [9.17, 15) is 0 Å². The summed E-state index contributed by atoms with van der Waals surface area (Å²) in [6, 6.07) is 8.23. The van der Waals surface area contributed by atoms with Gasteiger partial charge in [-0.15, -0.1) is 0 Å². The van der Waals surface area contributed by atoms with Crippen LogP contribution in [0.4, 0.5) is 5.95 Å². The monoisotopic (exact) mass is 300 g/mol. The summed E-state index contributed by atoms with van der Waals surface area (Å²) in [4.78, 5) is 13.3. The molecule has 0 aliphatic rings. The Morgan fingerprint density at radius 1 is 1.09 bits per heavy atom. The zero-order chi connectivity index (χ0) is 16.1. The highest BCUT2D eigenvalue weighted by atomic mass is 16.5. The number of hydrogen-bond donors (Lipinski definition) is 1. The van der Waals surface area contributed by atoms with Gasteiger partial charge in [-0.05, 0) is 31.0 Å². The summed E-state index contributed by atoms with van der Waals surface area (Å²) in [5.41, 5.74) is 1.19. The Morgan fingerprint density at radius 2 is 1.77 bits per heavy atom. The van der Waals surface area contributed by atoms with Crippen LogP contribution < -0.4 is 10.1 Å². The molecule has 1 aromatic heterocycles. The third-order valence-corrected chi connectivity index (χ3v) is 3.51. The fourth-order valence-corrected chi connectivity index (χ4v) is 2.24. The molecule has 22 heavy (non-hydrogen) atoms. The SMILES string of the molecule is CCC(Nc1nc(C)nc(C(C)C)n1)c1ccc(OC)cc1. The Hall–Kier alpha value is -2.17. The maximum absolute atomic E-state index is 5.21. The normalized spacial score (nSPS) is 12.3. The predicted octanol–water partition coefficient (Wildman–Crippen LogP) is 3.88. The Balaban J connectivity index is 2.22. The van der Waals surface area contributed by atoms with Crippen LogP contribution in [0.3, 0.4) is 0 Å². The highest BCUT2D eigenvalue weighted by molar-refractivity contribution is 5.35. The van der Waals surface area contributed by atoms with E-state index in [1.165, 1.54) is 5.56 Å². The minimum Gasteiger partial charge on any atom is -0.497 e. The fraction of sp³-hybridized carbons (Fsp3) is 0.471. The van der Waals surface area contributed by atoms with Gasteiger partial charge in [-0.25, -0.2) is 4.98 Å². The van der Waals surface area contributed by atoms with Crippen molar-refractivity contribution in [1.29, 1.82) is 0 Å². The Kier molecular flexibility index (Phi) is 5.31. The van der Waals surface area contributed by atoms with Gasteiger partial charge in [-0.1, -0.05) is 32.9 Å². The Labute approximate surface area is 132 Å². The first-order valence-corrected chi connectivity index (χ1v) is 7.66. The van der Waals surface area contributed by atoms with Gasteiger partial charge in [0.1, 0.15) is 17.4 Å². The average Bonchev–Trinajstić information content (AvgIpc) is 2.52. The van der Waals surface area contributed by atoms with Crippen LogP contribution in [0.2, 0.25) is 0 Å². The molecule has 5 nitrogen and oxygen atoms in total. The number of anilines is 1. The first-order valence-electron chi connectivity index (χ1n) is 7.66. The first kappa shape index (κ1) is 16.2. The summed E-state index contributed by atoms with van der Waals surface area (Å²) in [7, 11) is 1.67. The summed E-state index contributed by atoms with van der Waals surface area (Å²) in [6.07, 6.45) is 0.939. The van der Waals surface area contributed by atoms with Crippen LogP contribution in [0.25, 0.3) is 0 Å². The van der Waals surface area contributed by atoms with E-state index in [1.54, 1.807) is 7.11 Å². The van der Waals surface area contributed by atoms with Crippen LogP contribution in [0, 0.1) is 6.92 Å². The second-order valence-corrected chi connectivity index (χ2v) is 5.60. The van der Waals surface area contributed by atoms with E-state index >= 15 is 0 Å². The summed E-state index contributed by atoms with van der Waals surface area (Å²) in [5.74, 6) is 3.34. The van der Waals surface area contributed by atoms with Crippen LogP contribution in [0.5, 0.6) is 5.75 Å². The standard InChI is InChI=1S/C17H24N4O/c1-6-15(13-7-9-14(22-5)10-8-13)20-17-19-12(4)18-16(21-17)11(2)3/h7-11,15H,6H2,1-5H3,(H,18,19,20,21). The maximum atomic E-state index is 5.21. The van der Waals surface area contributed by atoms with Crippen molar-refractivity contribution in [3.8, 4) is 5.75 Å². The molecule has 0 aliphatic heterocycles. The van der Waals surface area contributed by atoms with Gasteiger partial charge in [0, 0.05) is 5.92 Å². The molecular formula is C17H24N4O. The minimum absolute atomic E-state index is 0.160. The molecule has 0 spiro atoms. The van der Waals surface area contributed by atoms with Crippen molar-refractivity contribution in [2.45, 2.75) is 46.1 Å². The third kappa shape index (κ3) is 3.93. The average molecular weight is 300 g/mol. The number of hydrogen-bond acceptors (Lipinski definition) is 5. The molecule has 0 radical (unpaired) electrons. The number of nitrogens with zero attached hydrogens (tertiary/aromatic N) is 3. The molecule has 2 rings (SSSR count). The van der Waals surface area contributed by atoms with Gasteiger partial charge in [-0.2, -0.15) is 9.97 Å². The van der Waals surface area contributed by atoms with Gasteiger partial charge in [0.25, 0.3) is 0 Å². The number of nitrogens with one attached hydrogen (secondary N) is 1. The van der Waals surface area contributed by atoms with Crippen molar-refractivity contribution in [1.82, 2.24) is 15.0 Å². The van der Waals surface area contributed by atoms with Crippen LogP contribution in [-0.4, -0.2) is 22.1 Å². The van der Waals surface area contributed by atoms with E-state index in [4.69, 9.17) is 4.74 Å². The molecule has 1 heterocycles. The van der Waals surface area contributed by atoms with E-state index in [0.717, 1.165) is 23.8 Å². The summed E-state index contributed by atoms with van der Waals surface area (Å²) in [6.45, 7) is 8.20. The van der Waals surface area contributed by atoms with E-state index in [0.29, 0.717) is 5.95 Å². The van der Waals surface area contributed by atoms with Crippen molar-refractivity contribution < 1.29 is 4.74 Å². The number of rotatable bonds is 6. The summed E-state index contributed by atoms with van der Waals surface area (Å²) < 4.78 is 5.21. The number of aryl methyl sites for hydroxylation is 1. The molecule has 5 heteroatoms. The summed E-state index contributed by atoms with van der Waals surface area (Å²) >= 11 is 0. The van der Waals surface area contributed by atoms with Gasteiger partial charge in [0.15, 0.2) is 0 Å². The number of ether oxygens (including phenoxy) is 1. The molecule has 0 amide bonds. The smallest absolute Gasteiger partial charge is 0.226 e. The third-order valence-electron chi connectivity index (χ3n) is 3.51. The lowest BCUT2D eigenvalue weighted by Gasteiger charge is -2.18. The van der Waals surface area contributed by atoms with Crippen molar-refractivity contribution in [3.63, 3.8) is 0 Å². The lowest BCUT2D eigenvalue weighted by atomic mass is 10.0. The molecule has 118 valence electrons. The second-order valence-electron chi connectivity index (χ2n) is 5.60. The van der Waals surface area contributed by atoms with Gasteiger partial charge in [-0.3, -0.25) is 0 Å². The second kappa shape index (κ2) is 7.20. The predicted molar refractivity (Wildman–Crippen MR) is 88.3 cm³/mol. The molecule has 1 N–H and O–H groups in total. The van der Waals surface area contributed by atoms with Gasteiger partial charge in [0.2, 0.25) is 5.95 Å². The topological polar surface area (TPSA) is 59.9 Å². The minimum atomic E-state index is 0.160. The fourth-order valence-electron chi connectivity index (χ4n) is 2.24. The molecule has 0 saturated carbocycles. The van der Waals surface area contributed by atoms with Crippen molar-refractivity contribution in [2.24, 2.45) is 0 Å². The zero-order valence-corrected chi connectivity index (χ0v) is 13.9. The lowest BCUT2D eigenvalue weighted by Crippen LogP contribution is -2.14. The van der Waals surface area contributed by atoms with E-state index in [2.05, 4.69) is 53.2 Å². The van der Waals surface area contributed by atoms with Gasteiger partial charge < -0.3 is 10.1 Å². The number of benzene rings is 1. The largest absolute Gasteiger partial charge is 0.497 e. The van der Waals surface area contributed by atoms with E-state index in [1.807, 2.05) is 19.1 Å². The van der Waals surface area contributed by atoms with Crippen LogP contribution in [-0.2, 0) is 0 Å². The first-order chi connectivity index (χ1) is 10.5. The molecule has 0 fully saturated rings. The molecule has 1 unspecified atom stereocenters. The molecule has 0 aliphatic carbocycles. The molecule has 0 bridgehead atoms. The zero-order valence-electron chi connectivity index (χ0n) is 13.9. The molecule has 1 atom stereocenters. The van der Waals surface area contributed by atoms with E-state index in [-0.39, 0.29) is 12.0 Å². The highest BCUT2D eigenvalue weighted by Gasteiger charge is 2.13. The Bertz CT molecular complexity index is 611. The van der Waals surface area contributed by atoms with Gasteiger partial charge in [0.05, 0.1) is 13.2 Å². The summed E-state index contributed by atoms with van der Waals surface area (Å²) in [5, 5.41) is 3.42. The number of aromatic nitrogens is 3. The molecule has 1 aromatic carbocycles. The quantitative estimate of drug-likeness (QED) is 0.877. The molecule has 2 aromatic rings. The van der Waals surface area contributed by atoms with E-state index < -0.39 is 0 Å². The molecular weight excluding hydrogens is 276 g/mol. The van der Waals surface area contributed by atoms with Crippen molar-refractivity contribution in [2.75, 3.05) is 12.4 Å². The maximum Gasteiger partial charge on any atom is 0.226 e. The van der Waals surface area contributed by atoms with Crippen LogP contribution in [0.1, 0.15) is 56.4 Å². The number of methoxy groups -OCH3 is 1. The van der Waals surface area contributed by atoms with Crippen LogP contribution in [0.15, 0.2) is 24.3 Å². The highest BCUT2D eigenvalue weighted by Crippen LogP contribution is 2.23. The Morgan fingerprint density at radius 3 is 2.32 bits per heavy atom. The van der Waals surface area contributed by atoms with Crippen molar-refractivity contribution >= 4 is 5.95 Å². The van der Waals surface area contributed by atoms with Gasteiger partial charge >= 0.3 is 0 Å². The molecule has 0 saturated heterocycles.